The summed E-state index contributed by atoms with van der Waals surface area (Å²) in [5, 5.41) is 12.2. The van der Waals surface area contributed by atoms with Crippen molar-refractivity contribution in [1.82, 2.24) is 4.90 Å². The number of aldehydes is 1. The minimum Gasteiger partial charge on any atom is -0.462 e. The Bertz CT molecular complexity index is 1590. The number of ether oxygens (including phenoxy) is 10. The van der Waals surface area contributed by atoms with Gasteiger partial charge in [-0.25, -0.2) is 0 Å². The molecule has 2 unspecified atom stereocenters. The third-order valence-electron chi connectivity index (χ3n) is 11.5. The fourth-order valence-electron chi connectivity index (χ4n) is 8.57. The van der Waals surface area contributed by atoms with E-state index in [0.29, 0.717) is 12.7 Å². The molecule has 0 saturated carbocycles. The largest absolute Gasteiger partial charge is 0.462 e. The van der Waals surface area contributed by atoms with Gasteiger partial charge in [0, 0.05) is 53.1 Å². The topological polar surface area (TPSA) is 218 Å². The number of aliphatic hydroxyl groups is 1. The van der Waals surface area contributed by atoms with Crippen molar-refractivity contribution in [1.29, 1.82) is 0 Å². The molecule has 0 aromatic carbocycles. The van der Waals surface area contributed by atoms with Gasteiger partial charge in [0.25, 0.3) is 0 Å². The summed E-state index contributed by atoms with van der Waals surface area (Å²) in [7, 11) is 4.82. The lowest BCUT2D eigenvalue weighted by Crippen LogP contribution is -2.66. The maximum absolute atomic E-state index is 13.4. The molecular formula is C45H71NO17. The summed E-state index contributed by atoms with van der Waals surface area (Å²) < 4.78 is 60.7. The number of nitrogens with zero attached hydrogens (tertiary/aromatic N) is 1. The zero-order valence-corrected chi connectivity index (χ0v) is 38.9. The van der Waals surface area contributed by atoms with E-state index in [0.717, 1.165) is 0 Å². The minimum absolute atomic E-state index is 0.0260. The van der Waals surface area contributed by atoms with E-state index < -0.39 is 133 Å². The summed E-state index contributed by atoms with van der Waals surface area (Å²) in [6.07, 6.45) is -4.48. The number of esters is 5. The van der Waals surface area contributed by atoms with E-state index >= 15 is 0 Å². The lowest BCUT2D eigenvalue weighted by Gasteiger charge is -2.50. The monoisotopic (exact) mass is 897 g/mol. The van der Waals surface area contributed by atoms with Crippen LogP contribution < -0.4 is 0 Å². The molecular weight excluding hydrogens is 826 g/mol. The van der Waals surface area contributed by atoms with Crippen LogP contribution in [0.3, 0.4) is 0 Å². The van der Waals surface area contributed by atoms with Crippen molar-refractivity contribution in [3.63, 3.8) is 0 Å². The van der Waals surface area contributed by atoms with E-state index in [1.807, 2.05) is 6.92 Å². The quantitative estimate of drug-likeness (QED) is 0.148. The third-order valence-corrected chi connectivity index (χ3v) is 11.5. The molecule has 0 amide bonds. The molecule has 0 aliphatic carbocycles. The second kappa shape index (κ2) is 25.1. The molecule has 0 aromatic heterocycles. The van der Waals surface area contributed by atoms with Crippen molar-refractivity contribution in [2.45, 2.75) is 193 Å². The van der Waals surface area contributed by atoms with Gasteiger partial charge < -0.3 is 62.2 Å². The Morgan fingerprint density at radius 3 is 2.16 bits per heavy atom. The molecule has 3 aliphatic heterocycles. The smallest absolute Gasteiger partial charge is 0.309 e. The van der Waals surface area contributed by atoms with E-state index in [4.69, 9.17) is 47.4 Å². The molecule has 2 fully saturated rings. The van der Waals surface area contributed by atoms with E-state index in [9.17, 15) is 33.9 Å². The van der Waals surface area contributed by atoms with Crippen LogP contribution in [0.2, 0.25) is 0 Å². The number of methoxy groups -OCH3 is 1. The Kier molecular flexibility index (Phi) is 21.3. The number of rotatable bonds is 14. The van der Waals surface area contributed by atoms with Gasteiger partial charge in [-0.2, -0.15) is 0 Å². The van der Waals surface area contributed by atoms with Crippen molar-refractivity contribution in [3.8, 4) is 0 Å². The average molecular weight is 898 g/mol. The van der Waals surface area contributed by atoms with Gasteiger partial charge >= 0.3 is 29.8 Å². The Hall–Kier alpha value is -3.78. The number of cyclic esters (lactones) is 1. The molecule has 2 saturated heterocycles. The highest BCUT2D eigenvalue weighted by molar-refractivity contribution is 5.73. The first-order chi connectivity index (χ1) is 29.7. The molecule has 63 heavy (non-hydrogen) atoms. The Labute approximate surface area is 371 Å². The fourth-order valence-corrected chi connectivity index (χ4v) is 8.57. The number of aliphatic hydroxyl groups excluding tert-OH is 1. The molecule has 16 atom stereocenters. The summed E-state index contributed by atoms with van der Waals surface area (Å²) in [4.78, 5) is 77.6. The lowest BCUT2D eigenvalue weighted by molar-refractivity contribution is -0.344. The highest BCUT2D eigenvalue weighted by Gasteiger charge is 2.54. The van der Waals surface area contributed by atoms with Gasteiger partial charge in [-0.1, -0.05) is 39.0 Å². The number of hydrogen-bond donors (Lipinski definition) is 1. The number of likely N-dealkylation sites (N-methyl/N-ethyl adjacent to an activating group) is 1. The molecule has 0 radical (unpaired) electrons. The lowest BCUT2D eigenvalue weighted by atomic mass is 9.82. The molecule has 3 heterocycles. The van der Waals surface area contributed by atoms with Gasteiger partial charge in [0.05, 0.1) is 30.8 Å². The van der Waals surface area contributed by atoms with Crippen LogP contribution in [0.5, 0.6) is 0 Å². The van der Waals surface area contributed by atoms with E-state index in [1.54, 1.807) is 84.8 Å². The minimum atomic E-state index is -1.45. The SMILES string of the molecule is CCC(=O)O[C@@H]1CC(=O)O[C@H](C)CC=CC=CC(OC(C)=O)[C@H](C)C[C@H](CC=O)C(O[C@@H]2O[C@H](C)[C@@H](O[C@H]3C[C@@](C)(OC(C)=O)[C@@H](OC(=O)CC)[C@H](C)O3)[C@H](N(C)C)[C@H]2O)[C@H]1OC. The normalized spacial score (nSPS) is 37.0. The number of carbonyl (C=O) groups excluding carboxylic acids is 6. The summed E-state index contributed by atoms with van der Waals surface area (Å²) in [6.45, 7) is 14.4. The molecule has 0 spiro atoms. The molecule has 18 nitrogen and oxygen atoms in total. The van der Waals surface area contributed by atoms with Gasteiger partial charge in [-0.15, -0.1) is 0 Å². The summed E-state index contributed by atoms with van der Waals surface area (Å²) in [5.74, 6) is -4.06. The fraction of sp³-hybridized carbons (Fsp3) is 0.778. The third kappa shape index (κ3) is 15.4. The second-order valence-electron chi connectivity index (χ2n) is 17.1. The van der Waals surface area contributed by atoms with Crippen LogP contribution in [0, 0.1) is 11.8 Å². The van der Waals surface area contributed by atoms with Crippen molar-refractivity contribution in [2.75, 3.05) is 21.2 Å². The Balaban J connectivity index is 2.09. The van der Waals surface area contributed by atoms with Gasteiger partial charge in [-0.3, -0.25) is 24.0 Å². The predicted molar refractivity (Wildman–Crippen MR) is 224 cm³/mol. The first-order valence-corrected chi connectivity index (χ1v) is 21.9. The van der Waals surface area contributed by atoms with Crippen LogP contribution in [0.15, 0.2) is 24.3 Å². The number of hydrogen-bond acceptors (Lipinski definition) is 18. The standard InChI is InChI=1S/C45H71NO17/c1-13-34(50)59-33-23-36(52)55-26(4)18-16-15-17-19-32(58-29(7)48)25(3)22-31(20-21-47)41(42(33)54-12)62-44-39(53)38(46(10)11)40(27(5)57-44)61-37-24-45(9,63-30(8)49)43(28(6)56-37)60-35(51)14-2/h15-17,19,21,25-28,31-33,37-44,53H,13-14,18,20,22-24H2,1-12H3/t25-,26-,27-,28+,31+,32?,33-,37+,38-,39-,40-,41?,42+,43+,44+,45-/m1/s1. The van der Waals surface area contributed by atoms with Crippen molar-refractivity contribution in [3.05, 3.63) is 24.3 Å². The Morgan fingerprint density at radius 1 is 0.905 bits per heavy atom. The first-order valence-electron chi connectivity index (χ1n) is 21.9. The van der Waals surface area contributed by atoms with E-state index in [-0.39, 0.29) is 32.1 Å². The van der Waals surface area contributed by atoms with Gasteiger partial charge in [0.2, 0.25) is 0 Å². The van der Waals surface area contributed by atoms with Gasteiger partial charge in [0.15, 0.2) is 24.3 Å². The molecule has 1 N–H and O–H groups in total. The molecule has 0 aromatic rings. The van der Waals surface area contributed by atoms with Crippen LogP contribution in [-0.2, 0) is 76.1 Å². The van der Waals surface area contributed by atoms with Crippen LogP contribution in [-0.4, -0.2) is 153 Å². The summed E-state index contributed by atoms with van der Waals surface area (Å²) in [6, 6.07) is -0.833. The van der Waals surface area contributed by atoms with Gasteiger partial charge in [-0.05, 0) is 66.1 Å². The first kappa shape index (κ1) is 53.6. The van der Waals surface area contributed by atoms with Crippen LogP contribution in [0.1, 0.15) is 107 Å². The molecule has 358 valence electrons. The van der Waals surface area contributed by atoms with Crippen LogP contribution >= 0.6 is 0 Å². The van der Waals surface area contributed by atoms with Gasteiger partial charge in [0.1, 0.15) is 42.9 Å². The molecule has 18 heteroatoms. The second-order valence-corrected chi connectivity index (χ2v) is 17.1. The maximum atomic E-state index is 13.4. The summed E-state index contributed by atoms with van der Waals surface area (Å²) >= 11 is 0. The number of carbonyl (C=O) groups is 6. The van der Waals surface area contributed by atoms with E-state index in [1.165, 1.54) is 21.0 Å². The van der Waals surface area contributed by atoms with Crippen molar-refractivity contribution in [2.24, 2.45) is 11.8 Å². The summed E-state index contributed by atoms with van der Waals surface area (Å²) in [5.41, 5.74) is -1.33. The van der Waals surface area contributed by atoms with Crippen LogP contribution in [0.4, 0.5) is 0 Å². The maximum Gasteiger partial charge on any atom is 0.309 e. The molecule has 3 rings (SSSR count). The van der Waals surface area contributed by atoms with Crippen molar-refractivity contribution >= 4 is 36.1 Å². The van der Waals surface area contributed by atoms with Crippen LogP contribution in [0.25, 0.3) is 0 Å². The zero-order chi connectivity index (χ0) is 47.2. The highest BCUT2D eigenvalue weighted by atomic mass is 16.7. The predicted octanol–water partition coefficient (Wildman–Crippen LogP) is 3.91. The number of allylic oxidation sites excluding steroid dienone is 2. The highest BCUT2D eigenvalue weighted by Crippen LogP contribution is 2.39. The molecule has 3 aliphatic rings. The van der Waals surface area contributed by atoms with Crippen molar-refractivity contribution < 1.29 is 81.2 Å². The Morgan fingerprint density at radius 2 is 1.57 bits per heavy atom. The van der Waals surface area contributed by atoms with E-state index in [2.05, 4.69) is 0 Å². The molecule has 0 bridgehead atoms. The average Bonchev–Trinajstić information content (AvgIpc) is 3.18. The zero-order valence-electron chi connectivity index (χ0n) is 38.9.